The molecule has 4 aromatic rings. The van der Waals surface area contributed by atoms with Crippen LogP contribution in [0.2, 0.25) is 0 Å². The first-order chi connectivity index (χ1) is 13.1. The Bertz CT molecular complexity index is 1070. The van der Waals surface area contributed by atoms with Gasteiger partial charge in [0.15, 0.2) is 10.9 Å². The number of hydrogen-bond acceptors (Lipinski definition) is 7. The van der Waals surface area contributed by atoms with Crippen molar-refractivity contribution in [1.82, 2.24) is 14.8 Å². The average Bonchev–Trinajstić information content (AvgIpc) is 3.38. The number of hydrogen-bond donors (Lipinski definition) is 0. The molecule has 27 heavy (non-hydrogen) atoms. The number of aryl methyl sites for hydroxylation is 1. The Kier molecular flexibility index (Phi) is 4.51. The van der Waals surface area contributed by atoms with Crippen LogP contribution in [0.4, 0.5) is 5.69 Å². The highest BCUT2D eigenvalue weighted by Crippen LogP contribution is 2.32. The highest BCUT2D eigenvalue weighted by Gasteiger charge is 2.19. The normalized spacial score (nSPS) is 11.0. The minimum absolute atomic E-state index is 0.0904. The van der Waals surface area contributed by atoms with Crippen LogP contribution < -0.4 is 0 Å². The molecule has 9 heteroatoms. The summed E-state index contributed by atoms with van der Waals surface area (Å²) in [6.45, 7) is 2.15. The lowest BCUT2D eigenvalue weighted by Crippen LogP contribution is -2.03. The molecule has 3 aromatic heterocycles. The summed E-state index contributed by atoms with van der Waals surface area (Å²) in [4.78, 5) is 11.4. The van der Waals surface area contributed by atoms with E-state index < -0.39 is 4.92 Å². The lowest BCUT2D eigenvalue weighted by molar-refractivity contribution is -0.385. The summed E-state index contributed by atoms with van der Waals surface area (Å²) in [5, 5.41) is 20.2. The molecule has 0 bridgehead atoms. The fourth-order valence-electron chi connectivity index (χ4n) is 2.65. The van der Waals surface area contributed by atoms with E-state index >= 15 is 0 Å². The molecule has 0 unspecified atom stereocenters. The largest absolute Gasteiger partial charge is 0.467 e. The third kappa shape index (κ3) is 3.49. The average molecular weight is 382 g/mol. The Hall–Kier alpha value is -3.33. The summed E-state index contributed by atoms with van der Waals surface area (Å²) in [6, 6.07) is 12.3. The van der Waals surface area contributed by atoms with Gasteiger partial charge in [-0.3, -0.25) is 14.7 Å². The first kappa shape index (κ1) is 17.1. The molecule has 0 saturated carbocycles. The first-order valence-corrected chi connectivity index (χ1v) is 8.86. The Morgan fingerprint density at radius 2 is 1.96 bits per heavy atom. The van der Waals surface area contributed by atoms with Crippen LogP contribution in [0, 0.1) is 17.0 Å². The summed E-state index contributed by atoms with van der Waals surface area (Å²) in [5.74, 6) is 1.93. The van der Waals surface area contributed by atoms with Gasteiger partial charge < -0.3 is 8.83 Å². The van der Waals surface area contributed by atoms with E-state index in [0.717, 1.165) is 10.7 Å². The zero-order valence-electron chi connectivity index (χ0n) is 14.2. The number of nitrogens with zero attached hydrogens (tertiary/aromatic N) is 4. The maximum Gasteiger partial charge on any atom is 0.272 e. The van der Waals surface area contributed by atoms with E-state index in [0.29, 0.717) is 28.8 Å². The molecule has 1 aromatic carbocycles. The lowest BCUT2D eigenvalue weighted by Gasteiger charge is -2.08. The molecule has 0 aliphatic carbocycles. The van der Waals surface area contributed by atoms with Crippen molar-refractivity contribution < 1.29 is 13.8 Å². The second kappa shape index (κ2) is 7.12. The van der Waals surface area contributed by atoms with Crippen LogP contribution >= 0.6 is 11.8 Å². The zero-order valence-corrected chi connectivity index (χ0v) is 15.0. The van der Waals surface area contributed by atoms with Gasteiger partial charge in [-0.1, -0.05) is 0 Å². The Morgan fingerprint density at radius 3 is 2.63 bits per heavy atom. The topological polar surface area (TPSA) is 100 Å². The highest BCUT2D eigenvalue weighted by atomic mass is 32.2. The lowest BCUT2D eigenvalue weighted by atomic mass is 10.2. The second-order valence-corrected chi connectivity index (χ2v) is 6.80. The van der Waals surface area contributed by atoms with Gasteiger partial charge in [0.05, 0.1) is 24.0 Å². The molecule has 0 aliphatic rings. The van der Waals surface area contributed by atoms with Crippen molar-refractivity contribution >= 4 is 17.4 Å². The standard InChI is InChI=1S/C18H14N4O4S/c1-12-10-14(6-7-15(12)22(23)24)27-18-20-19-17(16-5-3-9-26-16)21(18)11-13-4-2-8-25-13/h2-10H,11H2,1H3. The summed E-state index contributed by atoms with van der Waals surface area (Å²) in [7, 11) is 0. The van der Waals surface area contributed by atoms with Crippen LogP contribution in [0.25, 0.3) is 11.6 Å². The van der Waals surface area contributed by atoms with Gasteiger partial charge in [0.2, 0.25) is 5.82 Å². The van der Waals surface area contributed by atoms with Crippen molar-refractivity contribution in [2.24, 2.45) is 0 Å². The smallest absolute Gasteiger partial charge is 0.272 e. The first-order valence-electron chi connectivity index (χ1n) is 8.04. The summed E-state index contributed by atoms with van der Waals surface area (Å²) in [5.41, 5.74) is 0.682. The van der Waals surface area contributed by atoms with Gasteiger partial charge >= 0.3 is 0 Å². The summed E-state index contributed by atoms with van der Waals surface area (Å²) < 4.78 is 12.8. The van der Waals surface area contributed by atoms with Gasteiger partial charge in [-0.15, -0.1) is 10.2 Å². The van der Waals surface area contributed by atoms with Crippen LogP contribution in [0.15, 0.2) is 73.9 Å². The van der Waals surface area contributed by atoms with Gasteiger partial charge in [0.25, 0.3) is 5.69 Å². The van der Waals surface area contributed by atoms with Crippen molar-refractivity contribution in [2.45, 2.75) is 23.5 Å². The van der Waals surface area contributed by atoms with Gasteiger partial charge in [-0.05, 0) is 55.1 Å². The zero-order chi connectivity index (χ0) is 18.8. The fourth-order valence-corrected chi connectivity index (χ4v) is 3.58. The summed E-state index contributed by atoms with van der Waals surface area (Å²) >= 11 is 1.37. The minimum Gasteiger partial charge on any atom is -0.467 e. The maximum atomic E-state index is 11.0. The van der Waals surface area contributed by atoms with E-state index in [1.165, 1.54) is 17.8 Å². The molecule has 4 rings (SSSR count). The van der Waals surface area contributed by atoms with Crippen molar-refractivity contribution in [3.05, 3.63) is 76.4 Å². The van der Waals surface area contributed by atoms with E-state index in [-0.39, 0.29) is 5.69 Å². The van der Waals surface area contributed by atoms with E-state index in [2.05, 4.69) is 10.2 Å². The van der Waals surface area contributed by atoms with Crippen LogP contribution in [0.5, 0.6) is 0 Å². The molecular formula is C18H14N4O4S. The molecule has 3 heterocycles. The van der Waals surface area contributed by atoms with Crippen molar-refractivity contribution in [1.29, 1.82) is 0 Å². The van der Waals surface area contributed by atoms with Crippen LogP contribution in [-0.2, 0) is 6.54 Å². The summed E-state index contributed by atoms with van der Waals surface area (Å²) in [6.07, 6.45) is 3.19. The number of aromatic nitrogens is 3. The number of rotatable bonds is 6. The molecule has 0 atom stereocenters. The second-order valence-electron chi connectivity index (χ2n) is 5.76. The third-order valence-corrected chi connectivity index (χ3v) is 4.90. The Labute approximate surface area is 158 Å². The molecule has 8 nitrogen and oxygen atoms in total. The van der Waals surface area contributed by atoms with Crippen molar-refractivity contribution in [3.63, 3.8) is 0 Å². The quantitative estimate of drug-likeness (QED) is 0.356. The minimum atomic E-state index is -0.391. The van der Waals surface area contributed by atoms with E-state index in [1.54, 1.807) is 37.6 Å². The number of furan rings is 2. The van der Waals surface area contributed by atoms with E-state index in [1.807, 2.05) is 22.8 Å². The molecular weight excluding hydrogens is 368 g/mol. The predicted molar refractivity (Wildman–Crippen MR) is 97.5 cm³/mol. The molecule has 136 valence electrons. The van der Waals surface area contributed by atoms with Gasteiger partial charge in [-0.2, -0.15) is 0 Å². The van der Waals surface area contributed by atoms with Crippen LogP contribution in [0.3, 0.4) is 0 Å². The van der Waals surface area contributed by atoms with Gasteiger partial charge in [0, 0.05) is 16.5 Å². The van der Waals surface area contributed by atoms with Gasteiger partial charge in [-0.25, -0.2) is 0 Å². The Balaban J connectivity index is 1.70. The third-order valence-electron chi connectivity index (χ3n) is 3.93. The predicted octanol–water partition coefficient (Wildman–Crippen LogP) is 4.55. The van der Waals surface area contributed by atoms with Crippen LogP contribution in [-0.4, -0.2) is 19.7 Å². The van der Waals surface area contributed by atoms with Gasteiger partial charge in [0.1, 0.15) is 5.76 Å². The monoisotopic (exact) mass is 382 g/mol. The molecule has 0 radical (unpaired) electrons. The highest BCUT2D eigenvalue weighted by molar-refractivity contribution is 7.99. The number of nitro groups is 1. The van der Waals surface area contributed by atoms with E-state index in [4.69, 9.17) is 8.83 Å². The van der Waals surface area contributed by atoms with E-state index in [9.17, 15) is 10.1 Å². The van der Waals surface area contributed by atoms with Crippen molar-refractivity contribution in [2.75, 3.05) is 0 Å². The molecule has 0 saturated heterocycles. The fraction of sp³-hybridized carbons (Fsp3) is 0.111. The molecule has 0 spiro atoms. The molecule has 0 N–H and O–H groups in total. The molecule has 0 amide bonds. The number of benzene rings is 1. The molecule has 0 fully saturated rings. The maximum absolute atomic E-state index is 11.0. The SMILES string of the molecule is Cc1cc(Sc2nnc(-c3ccco3)n2Cc2ccco2)ccc1[N+](=O)[O-]. The van der Waals surface area contributed by atoms with Crippen LogP contribution in [0.1, 0.15) is 11.3 Å². The molecule has 0 aliphatic heterocycles. The Morgan fingerprint density at radius 1 is 1.15 bits per heavy atom. The van der Waals surface area contributed by atoms with Crippen molar-refractivity contribution in [3.8, 4) is 11.6 Å². The number of nitro benzene ring substituents is 1.